The molecule has 2 saturated carbocycles. The van der Waals surface area contributed by atoms with Gasteiger partial charge in [0.2, 0.25) is 0 Å². The summed E-state index contributed by atoms with van der Waals surface area (Å²) in [6.07, 6.45) is 12.9. The second kappa shape index (κ2) is 7.64. The fourth-order valence-electron chi connectivity index (χ4n) is 4.32. The summed E-state index contributed by atoms with van der Waals surface area (Å²) in [5.41, 5.74) is 0. The SMILES string of the molecule is CCC1CCC(N(C)CC2CCCCC2NC)CC1. The first-order valence-electron chi connectivity index (χ1n) is 8.62. The van der Waals surface area contributed by atoms with Crippen molar-refractivity contribution in [3.05, 3.63) is 0 Å². The Labute approximate surface area is 120 Å². The van der Waals surface area contributed by atoms with Crippen LogP contribution in [0.4, 0.5) is 0 Å². The van der Waals surface area contributed by atoms with Gasteiger partial charge in [-0.3, -0.25) is 0 Å². The van der Waals surface area contributed by atoms with E-state index in [4.69, 9.17) is 0 Å². The number of nitrogens with zero attached hydrogens (tertiary/aromatic N) is 1. The van der Waals surface area contributed by atoms with E-state index in [-0.39, 0.29) is 0 Å². The molecule has 112 valence electrons. The minimum absolute atomic E-state index is 0.767. The highest BCUT2D eigenvalue weighted by Gasteiger charge is 2.28. The molecule has 19 heavy (non-hydrogen) atoms. The summed E-state index contributed by atoms with van der Waals surface area (Å²) in [5.74, 6) is 1.90. The summed E-state index contributed by atoms with van der Waals surface area (Å²) in [5, 5.41) is 3.55. The zero-order valence-electron chi connectivity index (χ0n) is 13.3. The fourth-order valence-corrected chi connectivity index (χ4v) is 4.32. The molecule has 0 radical (unpaired) electrons. The van der Waals surface area contributed by atoms with E-state index >= 15 is 0 Å². The second-order valence-electron chi connectivity index (χ2n) is 6.96. The molecule has 2 fully saturated rings. The second-order valence-corrected chi connectivity index (χ2v) is 6.96. The van der Waals surface area contributed by atoms with Gasteiger partial charge in [0.25, 0.3) is 0 Å². The van der Waals surface area contributed by atoms with Crippen LogP contribution < -0.4 is 5.32 Å². The van der Waals surface area contributed by atoms with Gasteiger partial charge in [0.15, 0.2) is 0 Å². The first-order chi connectivity index (χ1) is 9.24. The van der Waals surface area contributed by atoms with Gasteiger partial charge in [-0.05, 0) is 64.5 Å². The maximum Gasteiger partial charge on any atom is 0.0104 e. The average molecular weight is 266 g/mol. The largest absolute Gasteiger partial charge is 0.317 e. The van der Waals surface area contributed by atoms with Crippen molar-refractivity contribution >= 4 is 0 Å². The predicted molar refractivity (Wildman–Crippen MR) is 83.5 cm³/mol. The van der Waals surface area contributed by atoms with Crippen LogP contribution in [0.15, 0.2) is 0 Å². The Balaban J connectivity index is 1.78. The molecule has 0 aromatic heterocycles. The molecular formula is C17H34N2. The third kappa shape index (κ3) is 4.19. The third-order valence-corrected chi connectivity index (χ3v) is 5.82. The summed E-state index contributed by atoms with van der Waals surface area (Å²) < 4.78 is 0. The van der Waals surface area contributed by atoms with Gasteiger partial charge in [0.05, 0.1) is 0 Å². The molecule has 0 spiro atoms. The van der Waals surface area contributed by atoms with E-state index in [1.54, 1.807) is 0 Å². The molecule has 0 heterocycles. The molecule has 0 aromatic rings. The molecule has 0 aliphatic heterocycles. The Hall–Kier alpha value is -0.0800. The van der Waals surface area contributed by atoms with Gasteiger partial charge in [0.1, 0.15) is 0 Å². The Morgan fingerprint density at radius 3 is 2.32 bits per heavy atom. The van der Waals surface area contributed by atoms with Crippen LogP contribution in [0.25, 0.3) is 0 Å². The topological polar surface area (TPSA) is 15.3 Å². The molecule has 2 unspecified atom stereocenters. The van der Waals surface area contributed by atoms with Crippen LogP contribution in [0, 0.1) is 11.8 Å². The molecule has 2 nitrogen and oxygen atoms in total. The Morgan fingerprint density at radius 1 is 1.00 bits per heavy atom. The van der Waals surface area contributed by atoms with Gasteiger partial charge in [-0.25, -0.2) is 0 Å². The average Bonchev–Trinajstić information content (AvgIpc) is 2.48. The van der Waals surface area contributed by atoms with Crippen LogP contribution in [0.1, 0.15) is 64.7 Å². The van der Waals surface area contributed by atoms with Gasteiger partial charge in [-0.2, -0.15) is 0 Å². The molecule has 0 bridgehead atoms. The Morgan fingerprint density at radius 2 is 1.68 bits per heavy atom. The van der Waals surface area contributed by atoms with E-state index in [0.717, 1.165) is 23.9 Å². The summed E-state index contributed by atoms with van der Waals surface area (Å²) >= 11 is 0. The molecule has 2 atom stereocenters. The van der Waals surface area contributed by atoms with E-state index in [0.29, 0.717) is 0 Å². The molecule has 0 saturated heterocycles. The van der Waals surface area contributed by atoms with Crippen molar-refractivity contribution in [1.29, 1.82) is 0 Å². The monoisotopic (exact) mass is 266 g/mol. The van der Waals surface area contributed by atoms with Gasteiger partial charge in [-0.1, -0.05) is 26.2 Å². The fraction of sp³-hybridized carbons (Fsp3) is 1.00. The van der Waals surface area contributed by atoms with Crippen LogP contribution in [0.5, 0.6) is 0 Å². The molecule has 2 aliphatic rings. The van der Waals surface area contributed by atoms with E-state index in [1.807, 2.05) is 0 Å². The predicted octanol–water partition coefficient (Wildman–Crippen LogP) is 3.67. The van der Waals surface area contributed by atoms with Crippen LogP contribution in [0.2, 0.25) is 0 Å². The summed E-state index contributed by atoms with van der Waals surface area (Å²) in [6, 6.07) is 1.63. The third-order valence-electron chi connectivity index (χ3n) is 5.82. The lowest BCUT2D eigenvalue weighted by Gasteiger charge is -2.39. The first kappa shape index (κ1) is 15.3. The standard InChI is InChI=1S/C17H34N2/c1-4-14-9-11-16(12-10-14)19(3)13-15-7-5-6-8-17(15)18-2/h14-18H,4-13H2,1-3H3. The van der Waals surface area contributed by atoms with E-state index in [2.05, 4.69) is 31.2 Å². The van der Waals surface area contributed by atoms with Crippen LogP contribution in [0.3, 0.4) is 0 Å². The lowest BCUT2D eigenvalue weighted by molar-refractivity contribution is 0.120. The van der Waals surface area contributed by atoms with Crippen molar-refractivity contribution in [1.82, 2.24) is 10.2 Å². The van der Waals surface area contributed by atoms with Crippen molar-refractivity contribution in [3.8, 4) is 0 Å². The molecule has 0 amide bonds. The van der Waals surface area contributed by atoms with Crippen molar-refractivity contribution in [2.24, 2.45) is 11.8 Å². The number of nitrogens with one attached hydrogen (secondary N) is 1. The molecule has 2 aliphatic carbocycles. The van der Waals surface area contributed by atoms with Gasteiger partial charge in [-0.15, -0.1) is 0 Å². The highest BCUT2D eigenvalue weighted by atomic mass is 15.1. The summed E-state index contributed by atoms with van der Waals surface area (Å²) in [7, 11) is 4.52. The van der Waals surface area contributed by atoms with Crippen molar-refractivity contribution in [2.45, 2.75) is 76.8 Å². The maximum absolute atomic E-state index is 3.55. The lowest BCUT2D eigenvalue weighted by Crippen LogP contribution is -2.45. The molecular weight excluding hydrogens is 232 g/mol. The van der Waals surface area contributed by atoms with Crippen molar-refractivity contribution in [2.75, 3.05) is 20.6 Å². The Kier molecular flexibility index (Phi) is 6.15. The quantitative estimate of drug-likeness (QED) is 0.817. The first-order valence-corrected chi connectivity index (χ1v) is 8.62. The molecule has 2 rings (SSSR count). The van der Waals surface area contributed by atoms with Crippen LogP contribution in [-0.4, -0.2) is 37.6 Å². The van der Waals surface area contributed by atoms with E-state index in [1.165, 1.54) is 64.3 Å². The van der Waals surface area contributed by atoms with E-state index in [9.17, 15) is 0 Å². The number of hydrogen-bond acceptors (Lipinski definition) is 2. The lowest BCUT2D eigenvalue weighted by atomic mass is 9.81. The zero-order valence-corrected chi connectivity index (χ0v) is 13.3. The zero-order chi connectivity index (χ0) is 13.7. The maximum atomic E-state index is 3.55. The van der Waals surface area contributed by atoms with Gasteiger partial charge in [0, 0.05) is 18.6 Å². The normalized spacial score (nSPS) is 36.6. The molecule has 2 heteroatoms. The molecule has 1 N–H and O–H groups in total. The summed E-state index contributed by atoms with van der Waals surface area (Å²) in [4.78, 5) is 2.69. The van der Waals surface area contributed by atoms with Gasteiger partial charge >= 0.3 is 0 Å². The van der Waals surface area contributed by atoms with Crippen LogP contribution >= 0.6 is 0 Å². The van der Waals surface area contributed by atoms with E-state index < -0.39 is 0 Å². The smallest absolute Gasteiger partial charge is 0.0104 e. The highest BCUT2D eigenvalue weighted by Crippen LogP contribution is 2.31. The van der Waals surface area contributed by atoms with Crippen molar-refractivity contribution in [3.63, 3.8) is 0 Å². The Bertz CT molecular complexity index is 246. The minimum Gasteiger partial charge on any atom is -0.317 e. The summed E-state index contributed by atoms with van der Waals surface area (Å²) in [6.45, 7) is 3.67. The number of hydrogen-bond donors (Lipinski definition) is 1. The molecule has 0 aromatic carbocycles. The number of rotatable bonds is 5. The van der Waals surface area contributed by atoms with Crippen molar-refractivity contribution < 1.29 is 0 Å². The van der Waals surface area contributed by atoms with Crippen LogP contribution in [-0.2, 0) is 0 Å². The minimum atomic E-state index is 0.767. The van der Waals surface area contributed by atoms with Gasteiger partial charge < -0.3 is 10.2 Å². The highest BCUT2D eigenvalue weighted by molar-refractivity contribution is 4.85.